The second kappa shape index (κ2) is 6.51. The van der Waals surface area contributed by atoms with E-state index in [4.69, 9.17) is 4.99 Å². The summed E-state index contributed by atoms with van der Waals surface area (Å²) in [6.07, 6.45) is 10.6. The highest BCUT2D eigenvalue weighted by Crippen LogP contribution is 2.56. The fourth-order valence-electron chi connectivity index (χ4n) is 6.46. The predicted molar refractivity (Wildman–Crippen MR) is 114 cm³/mol. The Morgan fingerprint density at radius 3 is 2.19 bits per heavy atom. The number of hydrogen-bond donors (Lipinski definition) is 1. The molecule has 140 valence electrons. The van der Waals surface area contributed by atoms with Gasteiger partial charge in [-0.3, -0.25) is 4.99 Å². The maximum absolute atomic E-state index is 4.75. The van der Waals surface area contributed by atoms with Crippen LogP contribution in [0.15, 0.2) is 47.5 Å². The van der Waals surface area contributed by atoms with E-state index in [1.165, 1.54) is 60.9 Å². The van der Waals surface area contributed by atoms with Crippen LogP contribution in [0.4, 0.5) is 11.4 Å². The SMILES string of the molecule is Cc1cc(C)c(NC23CC4CC(CC(C4)C2)C3)c(C=Nc2ccccc2)c1. The molecule has 2 heteroatoms. The number of nitrogens with one attached hydrogen (secondary N) is 1. The van der Waals surface area contributed by atoms with Crippen LogP contribution in [0.2, 0.25) is 0 Å². The van der Waals surface area contributed by atoms with Gasteiger partial charge in [-0.1, -0.05) is 29.8 Å². The van der Waals surface area contributed by atoms with Crippen molar-refractivity contribution in [1.29, 1.82) is 0 Å². The van der Waals surface area contributed by atoms with Crippen molar-refractivity contribution < 1.29 is 0 Å². The first-order chi connectivity index (χ1) is 13.1. The standard InChI is InChI=1S/C25H30N2/c1-17-8-18(2)24(22(9-17)16-26-23-6-4-3-5-7-23)27-25-13-19-10-20(14-25)12-21(11-19)15-25/h3-9,16,19-21,27H,10-15H2,1-2H3. The van der Waals surface area contributed by atoms with E-state index in [0.717, 1.165) is 23.4 Å². The van der Waals surface area contributed by atoms with Crippen molar-refractivity contribution in [3.63, 3.8) is 0 Å². The van der Waals surface area contributed by atoms with Gasteiger partial charge in [-0.05, 0) is 93.9 Å². The van der Waals surface area contributed by atoms with E-state index >= 15 is 0 Å². The Labute approximate surface area is 163 Å². The zero-order valence-electron chi connectivity index (χ0n) is 16.5. The number of rotatable bonds is 4. The van der Waals surface area contributed by atoms with Crippen LogP contribution in [0.5, 0.6) is 0 Å². The minimum atomic E-state index is 0.324. The lowest BCUT2D eigenvalue weighted by Crippen LogP contribution is -2.55. The van der Waals surface area contributed by atoms with Crippen LogP contribution in [0.3, 0.4) is 0 Å². The van der Waals surface area contributed by atoms with Crippen LogP contribution < -0.4 is 5.32 Å². The minimum Gasteiger partial charge on any atom is -0.379 e. The average molecular weight is 359 g/mol. The van der Waals surface area contributed by atoms with Gasteiger partial charge in [-0.15, -0.1) is 0 Å². The predicted octanol–water partition coefficient (Wildman–Crippen LogP) is 6.43. The lowest BCUT2D eigenvalue weighted by molar-refractivity contribution is 0.0107. The molecule has 0 spiro atoms. The first-order valence-corrected chi connectivity index (χ1v) is 10.6. The molecular formula is C25H30N2. The zero-order chi connectivity index (χ0) is 18.4. The van der Waals surface area contributed by atoms with Gasteiger partial charge >= 0.3 is 0 Å². The number of aliphatic imine (C=N–C) groups is 1. The van der Waals surface area contributed by atoms with E-state index < -0.39 is 0 Å². The Hall–Kier alpha value is -2.09. The van der Waals surface area contributed by atoms with Gasteiger partial charge in [0.05, 0.1) is 5.69 Å². The molecule has 4 aliphatic carbocycles. The fourth-order valence-corrected chi connectivity index (χ4v) is 6.46. The van der Waals surface area contributed by atoms with Gasteiger partial charge in [0, 0.05) is 23.0 Å². The first-order valence-electron chi connectivity index (χ1n) is 10.6. The number of aryl methyl sites for hydroxylation is 2. The quantitative estimate of drug-likeness (QED) is 0.625. The summed E-state index contributed by atoms with van der Waals surface area (Å²) < 4.78 is 0. The van der Waals surface area contributed by atoms with Crippen molar-refractivity contribution in [2.45, 2.75) is 57.9 Å². The molecule has 0 unspecified atom stereocenters. The minimum absolute atomic E-state index is 0.324. The highest BCUT2D eigenvalue weighted by atomic mass is 15.0. The summed E-state index contributed by atoms with van der Waals surface area (Å²) in [4.78, 5) is 4.75. The Morgan fingerprint density at radius 2 is 1.56 bits per heavy atom. The van der Waals surface area contributed by atoms with Crippen LogP contribution >= 0.6 is 0 Å². The molecule has 0 heterocycles. The Morgan fingerprint density at radius 1 is 0.926 bits per heavy atom. The monoisotopic (exact) mass is 358 g/mol. The third-order valence-corrected chi connectivity index (χ3v) is 7.05. The van der Waals surface area contributed by atoms with Crippen molar-refractivity contribution in [1.82, 2.24) is 0 Å². The Kier molecular flexibility index (Phi) is 4.11. The first kappa shape index (κ1) is 17.0. The molecule has 2 nitrogen and oxygen atoms in total. The van der Waals surface area contributed by atoms with Crippen LogP contribution in [0.1, 0.15) is 55.2 Å². The van der Waals surface area contributed by atoms with Gasteiger partial charge in [0.1, 0.15) is 0 Å². The summed E-state index contributed by atoms with van der Waals surface area (Å²) in [5, 5.41) is 4.10. The van der Waals surface area contributed by atoms with Gasteiger partial charge in [0.2, 0.25) is 0 Å². The van der Waals surface area contributed by atoms with Crippen molar-refractivity contribution in [2.75, 3.05) is 5.32 Å². The van der Waals surface area contributed by atoms with Gasteiger partial charge in [0.15, 0.2) is 0 Å². The summed E-state index contributed by atoms with van der Waals surface area (Å²) in [5.74, 6) is 2.86. The van der Waals surface area contributed by atoms with Crippen molar-refractivity contribution in [3.05, 3.63) is 59.2 Å². The molecule has 4 fully saturated rings. The molecule has 2 aromatic carbocycles. The summed E-state index contributed by atoms with van der Waals surface area (Å²) in [6, 6.07) is 14.8. The zero-order valence-corrected chi connectivity index (χ0v) is 16.5. The van der Waals surface area contributed by atoms with E-state index in [0.29, 0.717) is 5.54 Å². The van der Waals surface area contributed by atoms with E-state index in [1.54, 1.807) is 0 Å². The third-order valence-electron chi connectivity index (χ3n) is 7.05. The van der Waals surface area contributed by atoms with E-state index in [2.05, 4.69) is 49.6 Å². The van der Waals surface area contributed by atoms with Crippen LogP contribution in [0.25, 0.3) is 0 Å². The van der Waals surface area contributed by atoms with Crippen molar-refractivity contribution in [3.8, 4) is 0 Å². The van der Waals surface area contributed by atoms with E-state index in [-0.39, 0.29) is 0 Å². The van der Waals surface area contributed by atoms with Crippen LogP contribution in [0, 0.1) is 31.6 Å². The largest absolute Gasteiger partial charge is 0.379 e. The smallest absolute Gasteiger partial charge is 0.0629 e. The maximum Gasteiger partial charge on any atom is 0.0629 e. The molecule has 4 bridgehead atoms. The van der Waals surface area contributed by atoms with Crippen molar-refractivity contribution >= 4 is 17.6 Å². The number of nitrogens with zero attached hydrogens (tertiary/aromatic N) is 1. The van der Waals surface area contributed by atoms with Gasteiger partial charge in [0.25, 0.3) is 0 Å². The van der Waals surface area contributed by atoms with E-state index in [1.807, 2.05) is 18.2 Å². The number of benzene rings is 2. The second-order valence-corrected chi connectivity index (χ2v) is 9.46. The molecule has 4 aliphatic rings. The second-order valence-electron chi connectivity index (χ2n) is 9.46. The number of anilines is 1. The van der Waals surface area contributed by atoms with Gasteiger partial charge in [-0.2, -0.15) is 0 Å². The Balaban J connectivity index is 1.48. The summed E-state index contributed by atoms with van der Waals surface area (Å²) in [7, 11) is 0. The van der Waals surface area contributed by atoms with Crippen LogP contribution in [-0.2, 0) is 0 Å². The maximum atomic E-state index is 4.75. The highest BCUT2D eigenvalue weighted by Gasteiger charge is 2.51. The summed E-state index contributed by atoms with van der Waals surface area (Å²) in [5.41, 5.74) is 6.52. The highest BCUT2D eigenvalue weighted by molar-refractivity contribution is 5.91. The van der Waals surface area contributed by atoms with E-state index in [9.17, 15) is 0 Å². The molecule has 2 aromatic rings. The lowest BCUT2D eigenvalue weighted by Gasteiger charge is -2.57. The van der Waals surface area contributed by atoms with Gasteiger partial charge in [-0.25, -0.2) is 0 Å². The summed E-state index contributed by atoms with van der Waals surface area (Å²) >= 11 is 0. The fraction of sp³-hybridized carbons (Fsp3) is 0.480. The number of para-hydroxylation sites is 1. The van der Waals surface area contributed by atoms with Gasteiger partial charge < -0.3 is 5.32 Å². The average Bonchev–Trinajstić information content (AvgIpc) is 2.62. The molecule has 4 saturated carbocycles. The summed E-state index contributed by atoms with van der Waals surface area (Å²) in [6.45, 7) is 4.43. The molecule has 6 rings (SSSR count). The van der Waals surface area contributed by atoms with Crippen molar-refractivity contribution in [2.24, 2.45) is 22.7 Å². The van der Waals surface area contributed by atoms with Crippen LogP contribution in [-0.4, -0.2) is 11.8 Å². The molecular weight excluding hydrogens is 328 g/mol. The molecule has 0 saturated heterocycles. The molecule has 0 aromatic heterocycles. The number of hydrogen-bond acceptors (Lipinski definition) is 2. The topological polar surface area (TPSA) is 24.4 Å². The molecule has 0 atom stereocenters. The normalized spacial score (nSPS) is 31.6. The molecule has 0 amide bonds. The molecule has 0 aliphatic heterocycles. The molecule has 1 N–H and O–H groups in total. The third kappa shape index (κ3) is 3.31. The Bertz CT molecular complexity index is 830. The lowest BCUT2D eigenvalue weighted by atomic mass is 9.53. The molecule has 0 radical (unpaired) electrons. The molecule has 27 heavy (non-hydrogen) atoms.